The van der Waals surface area contributed by atoms with Crippen molar-refractivity contribution in [1.29, 1.82) is 0 Å². The summed E-state index contributed by atoms with van der Waals surface area (Å²) in [5.74, 6) is 0.916. The summed E-state index contributed by atoms with van der Waals surface area (Å²) in [5.41, 5.74) is 5.32. The van der Waals surface area contributed by atoms with Gasteiger partial charge in [-0.15, -0.1) is 0 Å². The highest BCUT2D eigenvalue weighted by Gasteiger charge is 2.33. The average molecular weight is 415 g/mol. The van der Waals surface area contributed by atoms with E-state index in [1.807, 2.05) is 31.3 Å². The number of rotatable bonds is 4. The van der Waals surface area contributed by atoms with Crippen molar-refractivity contribution in [2.75, 3.05) is 16.3 Å². The molecule has 4 aromatic rings. The van der Waals surface area contributed by atoms with Crippen LogP contribution in [-0.2, 0) is 0 Å². The largest absolute Gasteiger partial charge is 0.374 e. The predicted molar refractivity (Wildman–Crippen MR) is 123 cm³/mol. The molecule has 2 N–H and O–H groups in total. The monoisotopic (exact) mass is 414 g/mol. The molecule has 0 radical (unpaired) electrons. The van der Waals surface area contributed by atoms with Crippen molar-refractivity contribution in [3.05, 3.63) is 54.9 Å². The van der Waals surface area contributed by atoms with Crippen molar-refractivity contribution < 1.29 is 5.11 Å². The molecule has 1 aliphatic carbocycles. The first-order chi connectivity index (χ1) is 15.1. The third-order valence-corrected chi connectivity index (χ3v) is 6.43. The number of nitrogens with zero attached hydrogens (tertiary/aromatic N) is 5. The van der Waals surface area contributed by atoms with Gasteiger partial charge in [0.1, 0.15) is 6.23 Å². The fourth-order valence-electron chi connectivity index (χ4n) is 4.78. The summed E-state index contributed by atoms with van der Waals surface area (Å²) in [7, 11) is 0. The number of benzene rings is 2. The maximum Gasteiger partial charge on any atom is 0.162 e. The van der Waals surface area contributed by atoms with Gasteiger partial charge in [-0.3, -0.25) is 9.78 Å². The van der Waals surface area contributed by atoms with Crippen molar-refractivity contribution in [1.82, 2.24) is 20.0 Å². The molecule has 2 atom stereocenters. The Hall–Kier alpha value is -3.32. The number of anilines is 3. The molecular weight excluding hydrogens is 388 g/mol. The molecule has 6 rings (SSSR count). The lowest BCUT2D eigenvalue weighted by Gasteiger charge is -2.44. The second kappa shape index (κ2) is 6.85. The summed E-state index contributed by atoms with van der Waals surface area (Å²) < 4.78 is 2.08. The summed E-state index contributed by atoms with van der Waals surface area (Å²) in [5, 5.41) is 24.0. The molecule has 158 valence electrons. The van der Waals surface area contributed by atoms with Crippen LogP contribution in [0.5, 0.6) is 0 Å². The fourth-order valence-corrected chi connectivity index (χ4v) is 4.78. The Morgan fingerprint density at radius 3 is 2.74 bits per heavy atom. The van der Waals surface area contributed by atoms with Gasteiger partial charge in [0.05, 0.1) is 29.1 Å². The van der Waals surface area contributed by atoms with Crippen LogP contribution in [0.15, 0.2) is 54.9 Å². The third kappa shape index (κ3) is 2.99. The van der Waals surface area contributed by atoms with Crippen LogP contribution in [0.3, 0.4) is 0 Å². The molecule has 3 heterocycles. The van der Waals surface area contributed by atoms with Crippen LogP contribution in [0.4, 0.5) is 17.2 Å². The third-order valence-electron chi connectivity index (χ3n) is 6.43. The lowest BCUT2D eigenvalue weighted by Crippen LogP contribution is -2.50. The zero-order valence-corrected chi connectivity index (χ0v) is 17.7. The molecule has 2 aliphatic rings. The molecule has 2 aromatic heterocycles. The molecule has 1 saturated carbocycles. The molecule has 0 saturated heterocycles. The molecule has 0 bridgehead atoms. The van der Waals surface area contributed by atoms with Crippen molar-refractivity contribution in [2.24, 2.45) is 0 Å². The second-order valence-corrected chi connectivity index (χ2v) is 8.74. The van der Waals surface area contributed by atoms with E-state index in [2.05, 4.69) is 67.2 Å². The first-order valence-electron chi connectivity index (χ1n) is 11.0. The molecule has 1 fully saturated rings. The van der Waals surface area contributed by atoms with Crippen LogP contribution in [-0.4, -0.2) is 43.9 Å². The Morgan fingerprint density at radius 1 is 1.10 bits per heavy atom. The summed E-state index contributed by atoms with van der Waals surface area (Å²) in [4.78, 5) is 4.35. The topological polar surface area (TPSA) is 73.2 Å². The van der Waals surface area contributed by atoms with E-state index in [1.54, 1.807) is 0 Å². The minimum atomic E-state index is -0.574. The van der Waals surface area contributed by atoms with Crippen LogP contribution in [0.25, 0.3) is 22.0 Å². The van der Waals surface area contributed by atoms with Gasteiger partial charge < -0.3 is 14.9 Å². The molecule has 2 aromatic carbocycles. The van der Waals surface area contributed by atoms with E-state index in [0.29, 0.717) is 6.04 Å². The zero-order valence-electron chi connectivity index (χ0n) is 17.7. The van der Waals surface area contributed by atoms with Gasteiger partial charge in [0.25, 0.3) is 0 Å². The van der Waals surface area contributed by atoms with E-state index >= 15 is 0 Å². The van der Waals surface area contributed by atoms with Crippen LogP contribution >= 0.6 is 0 Å². The van der Waals surface area contributed by atoms with Crippen LogP contribution in [0.2, 0.25) is 0 Å². The summed E-state index contributed by atoms with van der Waals surface area (Å²) in [6.07, 6.45) is 5.95. The smallest absolute Gasteiger partial charge is 0.162 e. The maximum absolute atomic E-state index is 10.5. The second-order valence-electron chi connectivity index (χ2n) is 8.74. The predicted octanol–water partition coefficient (Wildman–Crippen LogP) is 4.45. The number of aliphatic hydroxyl groups excluding tert-OH is 1. The SMILES string of the molecule is CC(O)N1c2ccc(-c3cnn(C4CC4)c3)cc2N(c2n[nH]c3ccccc23)C[C@@H]1C. The molecule has 0 spiro atoms. The Labute approximate surface area is 180 Å². The quantitative estimate of drug-likeness (QED) is 0.516. The van der Waals surface area contributed by atoms with Crippen LogP contribution in [0.1, 0.15) is 32.7 Å². The number of para-hydroxylation sites is 1. The van der Waals surface area contributed by atoms with Crippen molar-refractivity contribution >= 4 is 28.1 Å². The molecule has 0 amide bonds. The number of H-pyrrole nitrogens is 1. The Kier molecular flexibility index (Phi) is 4.08. The summed E-state index contributed by atoms with van der Waals surface area (Å²) >= 11 is 0. The van der Waals surface area contributed by atoms with E-state index in [9.17, 15) is 5.11 Å². The highest BCUT2D eigenvalue weighted by molar-refractivity contribution is 5.95. The molecular formula is C24H26N6O. The molecule has 7 nitrogen and oxygen atoms in total. The normalized spacial score (nSPS) is 19.6. The molecule has 7 heteroatoms. The lowest BCUT2D eigenvalue weighted by molar-refractivity contribution is 0.178. The van der Waals surface area contributed by atoms with Crippen molar-refractivity contribution in [2.45, 2.75) is 45.0 Å². The highest BCUT2D eigenvalue weighted by atomic mass is 16.3. The Balaban J connectivity index is 1.50. The van der Waals surface area contributed by atoms with Gasteiger partial charge in [0.2, 0.25) is 0 Å². The standard InChI is InChI=1S/C24H26N6O/c1-15-13-28(24-20-5-3-4-6-21(20)26-27-24)23-11-17(7-10-22(23)30(15)16(2)31)18-12-25-29(14-18)19-8-9-19/h3-7,10-12,14-16,19,31H,8-9,13H2,1-2H3,(H,26,27)/t15-,16?/m0/s1. The summed E-state index contributed by atoms with van der Waals surface area (Å²) in [6.45, 7) is 4.70. The van der Waals surface area contributed by atoms with Gasteiger partial charge >= 0.3 is 0 Å². The maximum atomic E-state index is 10.5. The van der Waals surface area contributed by atoms with Gasteiger partial charge in [0, 0.05) is 29.7 Å². The average Bonchev–Trinajstić information content (AvgIpc) is 3.34. The summed E-state index contributed by atoms with van der Waals surface area (Å²) in [6, 6.07) is 15.3. The van der Waals surface area contributed by atoms with E-state index in [1.165, 1.54) is 12.8 Å². The van der Waals surface area contributed by atoms with E-state index in [-0.39, 0.29) is 6.04 Å². The van der Waals surface area contributed by atoms with E-state index in [4.69, 9.17) is 0 Å². The van der Waals surface area contributed by atoms with Gasteiger partial charge in [-0.05, 0) is 56.5 Å². The van der Waals surface area contributed by atoms with E-state index < -0.39 is 6.23 Å². The van der Waals surface area contributed by atoms with Gasteiger partial charge in [-0.25, -0.2) is 0 Å². The van der Waals surface area contributed by atoms with Crippen molar-refractivity contribution in [3.8, 4) is 11.1 Å². The Morgan fingerprint density at radius 2 is 1.94 bits per heavy atom. The number of aromatic amines is 1. The van der Waals surface area contributed by atoms with Crippen molar-refractivity contribution in [3.63, 3.8) is 0 Å². The number of fused-ring (bicyclic) bond motifs is 2. The molecule has 1 unspecified atom stereocenters. The van der Waals surface area contributed by atoms with Gasteiger partial charge in [0.15, 0.2) is 5.82 Å². The van der Waals surface area contributed by atoms with Crippen LogP contribution < -0.4 is 9.80 Å². The van der Waals surface area contributed by atoms with Gasteiger partial charge in [-0.2, -0.15) is 10.2 Å². The lowest BCUT2D eigenvalue weighted by atomic mass is 10.0. The Bertz CT molecular complexity index is 1250. The number of aromatic nitrogens is 4. The van der Waals surface area contributed by atoms with Gasteiger partial charge in [-0.1, -0.05) is 18.2 Å². The highest BCUT2D eigenvalue weighted by Crippen LogP contribution is 2.44. The first-order valence-corrected chi connectivity index (χ1v) is 11.0. The number of hydrogen-bond acceptors (Lipinski definition) is 5. The van der Waals surface area contributed by atoms with E-state index in [0.717, 1.165) is 45.8 Å². The first kappa shape index (κ1) is 18.4. The molecule has 1 aliphatic heterocycles. The number of aliphatic hydroxyl groups is 1. The fraction of sp³-hybridized carbons (Fsp3) is 0.333. The number of hydrogen-bond donors (Lipinski definition) is 2. The number of nitrogens with one attached hydrogen (secondary N) is 1. The minimum Gasteiger partial charge on any atom is -0.374 e. The minimum absolute atomic E-state index is 0.131. The van der Waals surface area contributed by atoms with Crippen LogP contribution in [0, 0.1) is 0 Å². The molecule has 31 heavy (non-hydrogen) atoms. The zero-order chi connectivity index (χ0) is 21.1.